The topological polar surface area (TPSA) is 67.8 Å². The van der Waals surface area contributed by atoms with Crippen LogP contribution in [0.1, 0.15) is 45.6 Å². The number of carbonyl (C=O) groups is 1. The Morgan fingerprint density at radius 1 is 1.00 bits per heavy atom. The number of hydrogen-bond donors (Lipinski definition) is 0. The Hall–Kier alpha value is -3.26. The van der Waals surface area contributed by atoms with Crippen molar-refractivity contribution in [1.29, 1.82) is 0 Å². The molecule has 0 spiro atoms. The van der Waals surface area contributed by atoms with Crippen LogP contribution in [0.4, 0.5) is 5.82 Å². The number of thioether (sulfide) groups is 1. The highest BCUT2D eigenvalue weighted by atomic mass is 32.2. The van der Waals surface area contributed by atoms with Crippen LogP contribution in [0, 0.1) is 13.8 Å². The lowest BCUT2D eigenvalue weighted by molar-refractivity contribution is 0.0792. The summed E-state index contributed by atoms with van der Waals surface area (Å²) in [7, 11) is 5.37. The van der Waals surface area contributed by atoms with Crippen LogP contribution in [-0.2, 0) is 12.2 Å². The van der Waals surface area contributed by atoms with E-state index in [2.05, 4.69) is 31.0 Å². The summed E-state index contributed by atoms with van der Waals surface area (Å²) >= 11 is 1.60. The van der Waals surface area contributed by atoms with E-state index >= 15 is 0 Å². The van der Waals surface area contributed by atoms with Gasteiger partial charge in [-0.1, -0.05) is 30.0 Å². The van der Waals surface area contributed by atoms with Gasteiger partial charge < -0.3 is 19.3 Å². The van der Waals surface area contributed by atoms with Gasteiger partial charge in [-0.2, -0.15) is 0 Å². The number of methoxy groups -OCH3 is 2. The highest BCUT2D eigenvalue weighted by Crippen LogP contribution is 2.29. The van der Waals surface area contributed by atoms with Gasteiger partial charge in [-0.3, -0.25) is 4.79 Å². The van der Waals surface area contributed by atoms with Gasteiger partial charge >= 0.3 is 0 Å². The Morgan fingerprint density at radius 2 is 1.76 bits per heavy atom. The highest BCUT2D eigenvalue weighted by Gasteiger charge is 2.20. The molecule has 2 heterocycles. The van der Waals surface area contributed by atoms with E-state index in [9.17, 15) is 4.79 Å². The van der Waals surface area contributed by atoms with E-state index in [4.69, 9.17) is 19.4 Å². The zero-order valence-corrected chi connectivity index (χ0v) is 23.2. The summed E-state index contributed by atoms with van der Waals surface area (Å²) in [6, 6.07) is 14.0. The van der Waals surface area contributed by atoms with Gasteiger partial charge in [0.15, 0.2) is 16.7 Å². The van der Waals surface area contributed by atoms with Crippen LogP contribution >= 0.6 is 11.8 Å². The second-order valence-corrected chi connectivity index (χ2v) is 10.3. The van der Waals surface area contributed by atoms with E-state index in [0.29, 0.717) is 5.75 Å². The lowest BCUT2D eigenvalue weighted by Gasteiger charge is -2.22. The summed E-state index contributed by atoms with van der Waals surface area (Å²) in [6.45, 7) is 6.62. The van der Waals surface area contributed by atoms with Gasteiger partial charge in [0.1, 0.15) is 5.82 Å². The number of amides is 1. The number of nitrogens with zero attached hydrogens (tertiary/aromatic N) is 4. The molecule has 196 valence electrons. The van der Waals surface area contributed by atoms with Crippen molar-refractivity contribution < 1.29 is 14.3 Å². The van der Waals surface area contributed by atoms with Crippen LogP contribution in [0.3, 0.4) is 0 Å². The van der Waals surface area contributed by atoms with Crippen molar-refractivity contribution in [2.75, 3.05) is 45.8 Å². The minimum absolute atomic E-state index is 0.130. The van der Waals surface area contributed by atoms with Gasteiger partial charge in [-0.25, -0.2) is 9.97 Å². The van der Waals surface area contributed by atoms with Gasteiger partial charge in [0.2, 0.25) is 0 Å². The van der Waals surface area contributed by atoms with Crippen molar-refractivity contribution >= 4 is 23.5 Å². The smallest absolute Gasteiger partial charge is 0.253 e. The van der Waals surface area contributed by atoms with E-state index in [-0.39, 0.29) is 5.91 Å². The minimum atomic E-state index is 0.130. The summed E-state index contributed by atoms with van der Waals surface area (Å²) in [5, 5.41) is 0.743. The molecule has 1 aliphatic rings. The van der Waals surface area contributed by atoms with Crippen molar-refractivity contribution in [3.05, 3.63) is 70.4 Å². The maximum absolute atomic E-state index is 12.8. The number of rotatable bonds is 10. The Morgan fingerprint density at radius 3 is 2.49 bits per heavy atom. The number of hydrogen-bond acceptors (Lipinski definition) is 7. The molecule has 37 heavy (non-hydrogen) atoms. The number of ether oxygens (including phenoxy) is 2. The Bertz CT molecular complexity index is 1240. The normalized spacial score (nSPS) is 13.1. The van der Waals surface area contributed by atoms with Crippen molar-refractivity contribution in [2.24, 2.45) is 0 Å². The molecular weight excluding hydrogens is 484 g/mol. The quantitative estimate of drug-likeness (QED) is 0.265. The van der Waals surface area contributed by atoms with Crippen LogP contribution in [0.25, 0.3) is 0 Å². The summed E-state index contributed by atoms with van der Waals surface area (Å²) in [6.07, 6.45) is 3.03. The largest absolute Gasteiger partial charge is 0.493 e. The first-order valence-electron chi connectivity index (χ1n) is 12.7. The first-order chi connectivity index (χ1) is 17.9. The lowest BCUT2D eigenvalue weighted by atomic mass is 10.1. The van der Waals surface area contributed by atoms with Crippen LogP contribution < -0.4 is 14.4 Å². The molecule has 2 aromatic carbocycles. The second kappa shape index (κ2) is 12.3. The molecule has 0 unspecified atom stereocenters. The summed E-state index contributed by atoms with van der Waals surface area (Å²) < 4.78 is 10.8. The average Bonchev–Trinajstić information content (AvgIpc) is 3.47. The SMILES string of the molecule is COc1ccc(CCN(C)c2nc(SCc3cccc(C(=O)N4CCCC4)c3)nc(C)c2C)cc1OC. The molecule has 0 atom stereocenters. The van der Waals surface area contributed by atoms with Crippen molar-refractivity contribution in [3.63, 3.8) is 0 Å². The molecule has 0 aliphatic carbocycles. The molecule has 8 heteroatoms. The first-order valence-corrected chi connectivity index (χ1v) is 13.7. The summed E-state index contributed by atoms with van der Waals surface area (Å²) in [4.78, 5) is 26.5. The summed E-state index contributed by atoms with van der Waals surface area (Å²) in [5.74, 6) is 3.24. The molecule has 0 N–H and O–H groups in total. The predicted octanol–water partition coefficient (Wildman–Crippen LogP) is 5.32. The van der Waals surface area contributed by atoms with Crippen LogP contribution in [0.2, 0.25) is 0 Å². The maximum Gasteiger partial charge on any atom is 0.253 e. The molecule has 1 aromatic heterocycles. The standard InChI is InChI=1S/C29H36N4O3S/c1-20-21(2)30-29(37-19-23-9-8-10-24(17-23)28(34)33-14-6-7-15-33)31-27(20)32(3)16-13-22-11-12-25(35-4)26(18-22)36-5/h8-12,17-18H,6-7,13-16,19H2,1-5H3. The zero-order chi connectivity index (χ0) is 26.4. The minimum Gasteiger partial charge on any atom is -0.493 e. The number of carbonyl (C=O) groups excluding carboxylic acids is 1. The van der Waals surface area contributed by atoms with Crippen LogP contribution in [0.5, 0.6) is 11.5 Å². The molecule has 7 nitrogen and oxygen atoms in total. The van der Waals surface area contributed by atoms with E-state index in [1.807, 2.05) is 42.2 Å². The number of aryl methyl sites for hydroxylation is 1. The van der Waals surface area contributed by atoms with Crippen molar-refractivity contribution in [3.8, 4) is 11.5 Å². The van der Waals surface area contributed by atoms with Crippen molar-refractivity contribution in [1.82, 2.24) is 14.9 Å². The van der Waals surface area contributed by atoms with E-state index in [1.165, 1.54) is 5.56 Å². The number of aromatic nitrogens is 2. The molecule has 4 rings (SSSR count). The molecule has 3 aromatic rings. The first kappa shape index (κ1) is 26.8. The second-order valence-electron chi connectivity index (χ2n) is 9.39. The van der Waals surface area contributed by atoms with Gasteiger partial charge in [0, 0.05) is 49.3 Å². The van der Waals surface area contributed by atoms with Gasteiger partial charge in [0.25, 0.3) is 5.91 Å². The number of benzene rings is 2. The Labute approximate surface area is 224 Å². The van der Waals surface area contributed by atoms with Gasteiger partial charge in [-0.05, 0) is 68.5 Å². The highest BCUT2D eigenvalue weighted by molar-refractivity contribution is 7.98. The zero-order valence-electron chi connectivity index (χ0n) is 22.4. The number of anilines is 1. The molecule has 0 bridgehead atoms. The third kappa shape index (κ3) is 6.55. The Balaban J connectivity index is 1.42. The third-order valence-corrected chi connectivity index (χ3v) is 7.74. The monoisotopic (exact) mass is 520 g/mol. The number of likely N-dealkylation sites (tertiary alicyclic amines) is 1. The predicted molar refractivity (Wildman–Crippen MR) is 149 cm³/mol. The van der Waals surface area contributed by atoms with Crippen LogP contribution in [-0.4, -0.2) is 61.7 Å². The third-order valence-electron chi connectivity index (χ3n) is 6.82. The molecule has 0 radical (unpaired) electrons. The lowest BCUT2D eigenvalue weighted by Crippen LogP contribution is -2.27. The van der Waals surface area contributed by atoms with Gasteiger partial charge in [-0.15, -0.1) is 0 Å². The maximum atomic E-state index is 12.8. The van der Waals surface area contributed by atoms with E-state index < -0.39 is 0 Å². The molecule has 1 amide bonds. The van der Waals surface area contributed by atoms with Crippen LogP contribution in [0.15, 0.2) is 47.6 Å². The molecule has 0 saturated carbocycles. The molecule has 1 fully saturated rings. The van der Waals surface area contributed by atoms with E-state index in [1.54, 1.807) is 26.0 Å². The van der Waals surface area contributed by atoms with E-state index in [0.717, 1.165) is 83.8 Å². The fraction of sp³-hybridized carbons (Fsp3) is 0.414. The molecule has 1 saturated heterocycles. The van der Waals surface area contributed by atoms with Gasteiger partial charge in [0.05, 0.1) is 14.2 Å². The fourth-order valence-electron chi connectivity index (χ4n) is 4.51. The number of likely N-dealkylation sites (N-methyl/N-ethyl adjacent to an activating group) is 1. The Kier molecular flexibility index (Phi) is 8.92. The molecular formula is C29H36N4O3S. The fourth-order valence-corrected chi connectivity index (χ4v) is 5.34. The average molecular weight is 521 g/mol. The van der Waals surface area contributed by atoms with Crippen molar-refractivity contribution in [2.45, 2.75) is 44.0 Å². The molecule has 1 aliphatic heterocycles. The summed E-state index contributed by atoms with van der Waals surface area (Å²) in [5.41, 5.74) is 5.09.